The summed E-state index contributed by atoms with van der Waals surface area (Å²) >= 11 is 1.90. The maximum atomic E-state index is 5.40. The molecule has 0 radical (unpaired) electrons. The molecule has 1 aromatic heterocycles. The van der Waals surface area contributed by atoms with E-state index in [1.165, 1.54) is 36.1 Å². The normalized spacial score (nSPS) is 17.7. The van der Waals surface area contributed by atoms with Crippen LogP contribution in [0.1, 0.15) is 54.0 Å². The van der Waals surface area contributed by atoms with Crippen molar-refractivity contribution < 1.29 is 4.74 Å². The first-order valence-electron chi connectivity index (χ1n) is 8.72. The summed E-state index contributed by atoms with van der Waals surface area (Å²) in [5, 5.41) is 5.76. The van der Waals surface area contributed by atoms with E-state index >= 15 is 0 Å². The fourth-order valence-corrected chi connectivity index (χ4v) is 4.59. The number of aryl methyl sites for hydroxylation is 1. The van der Waals surface area contributed by atoms with Gasteiger partial charge in [0.15, 0.2) is 0 Å². The van der Waals surface area contributed by atoms with Crippen molar-refractivity contribution in [2.45, 2.75) is 44.4 Å². The molecule has 1 N–H and O–H groups in total. The Hall–Kier alpha value is -1.03. The van der Waals surface area contributed by atoms with Crippen molar-refractivity contribution in [1.82, 2.24) is 5.32 Å². The summed E-state index contributed by atoms with van der Waals surface area (Å²) in [6.07, 6.45) is 5.04. The molecule has 2 unspecified atom stereocenters. The highest BCUT2D eigenvalue weighted by Gasteiger charge is 2.25. The molecule has 0 saturated carbocycles. The van der Waals surface area contributed by atoms with Gasteiger partial charge in [-0.15, -0.1) is 23.7 Å². The Bertz CT molecular complexity index is 614. The molecule has 2 atom stereocenters. The molecule has 0 saturated heterocycles. The van der Waals surface area contributed by atoms with Crippen LogP contribution in [0.3, 0.4) is 0 Å². The first kappa shape index (κ1) is 19.3. The summed E-state index contributed by atoms with van der Waals surface area (Å²) in [7, 11) is 1.76. The van der Waals surface area contributed by atoms with Crippen molar-refractivity contribution in [3.05, 3.63) is 51.7 Å². The van der Waals surface area contributed by atoms with Gasteiger partial charge in [-0.25, -0.2) is 0 Å². The summed E-state index contributed by atoms with van der Waals surface area (Å²) in [5.41, 5.74) is 3.05. The lowest BCUT2D eigenvalue weighted by atomic mass is 9.78. The third-order valence-corrected chi connectivity index (χ3v) is 5.98. The lowest BCUT2D eigenvalue weighted by Gasteiger charge is -2.29. The Kier molecular flexibility index (Phi) is 7.60. The molecule has 3 rings (SSSR count). The van der Waals surface area contributed by atoms with Gasteiger partial charge in [-0.2, -0.15) is 0 Å². The molecule has 1 aliphatic rings. The number of fused-ring (bicyclic) bond motifs is 1. The van der Waals surface area contributed by atoms with Crippen molar-refractivity contribution in [3.63, 3.8) is 0 Å². The number of halogens is 1. The molecular weight excluding hydrogens is 338 g/mol. The maximum absolute atomic E-state index is 5.40. The number of rotatable bonds is 7. The first-order valence-corrected chi connectivity index (χ1v) is 9.60. The minimum atomic E-state index is 0. The van der Waals surface area contributed by atoms with Crippen LogP contribution in [0.15, 0.2) is 35.7 Å². The second-order valence-electron chi connectivity index (χ2n) is 6.41. The number of benzene rings is 1. The number of thiophene rings is 1. The predicted molar refractivity (Wildman–Crippen MR) is 106 cm³/mol. The second kappa shape index (κ2) is 9.45. The van der Waals surface area contributed by atoms with E-state index in [-0.39, 0.29) is 12.4 Å². The Labute approximate surface area is 156 Å². The van der Waals surface area contributed by atoms with Gasteiger partial charge in [0.1, 0.15) is 5.75 Å². The highest BCUT2D eigenvalue weighted by molar-refractivity contribution is 7.10. The number of hydrogen-bond acceptors (Lipinski definition) is 3. The third kappa shape index (κ3) is 4.53. The van der Waals surface area contributed by atoms with Crippen molar-refractivity contribution >= 4 is 23.7 Å². The molecule has 2 nitrogen and oxygen atoms in total. The molecule has 0 aliphatic heterocycles. The summed E-state index contributed by atoms with van der Waals surface area (Å²) in [6.45, 7) is 4.31. The van der Waals surface area contributed by atoms with E-state index in [0.717, 1.165) is 18.8 Å². The summed E-state index contributed by atoms with van der Waals surface area (Å²) in [4.78, 5) is 1.52. The Morgan fingerprint density at radius 2 is 2.21 bits per heavy atom. The van der Waals surface area contributed by atoms with Crippen LogP contribution < -0.4 is 10.1 Å². The van der Waals surface area contributed by atoms with Crippen LogP contribution in [0.4, 0.5) is 0 Å². The van der Waals surface area contributed by atoms with Crippen LogP contribution in [-0.2, 0) is 6.42 Å². The van der Waals surface area contributed by atoms with Gasteiger partial charge >= 0.3 is 0 Å². The maximum Gasteiger partial charge on any atom is 0.119 e. The minimum absolute atomic E-state index is 0. The lowest BCUT2D eigenvalue weighted by Crippen LogP contribution is -2.23. The number of methoxy groups -OCH3 is 1. The quantitative estimate of drug-likeness (QED) is 0.711. The molecule has 1 aliphatic carbocycles. The molecule has 1 aromatic carbocycles. The van der Waals surface area contributed by atoms with Gasteiger partial charge < -0.3 is 10.1 Å². The monoisotopic (exact) mass is 365 g/mol. The van der Waals surface area contributed by atoms with Crippen LogP contribution in [-0.4, -0.2) is 20.2 Å². The van der Waals surface area contributed by atoms with Gasteiger partial charge in [-0.1, -0.05) is 19.1 Å². The molecule has 0 bridgehead atoms. The number of hydrogen-bond donors (Lipinski definition) is 1. The van der Waals surface area contributed by atoms with Crippen molar-refractivity contribution in [1.29, 1.82) is 0 Å². The number of likely N-dealkylation sites (N-methyl/N-ethyl adjacent to an activating group) is 1. The van der Waals surface area contributed by atoms with E-state index in [1.54, 1.807) is 12.7 Å². The van der Waals surface area contributed by atoms with Crippen molar-refractivity contribution in [3.8, 4) is 5.75 Å². The fraction of sp³-hybridized carbons (Fsp3) is 0.500. The average molecular weight is 366 g/mol. The highest BCUT2D eigenvalue weighted by atomic mass is 35.5. The third-order valence-electron chi connectivity index (χ3n) is 4.94. The fourth-order valence-electron chi connectivity index (χ4n) is 3.75. The molecule has 2 aromatic rings. The zero-order valence-electron chi connectivity index (χ0n) is 14.6. The van der Waals surface area contributed by atoms with Crippen molar-refractivity contribution in [2.75, 3.05) is 20.2 Å². The largest absolute Gasteiger partial charge is 0.497 e. The molecule has 1 heterocycles. The van der Waals surface area contributed by atoms with E-state index in [4.69, 9.17) is 4.74 Å². The van der Waals surface area contributed by atoms with E-state index in [1.807, 2.05) is 11.3 Å². The highest BCUT2D eigenvalue weighted by Crippen LogP contribution is 2.40. The minimum Gasteiger partial charge on any atom is -0.497 e. The summed E-state index contributed by atoms with van der Waals surface area (Å²) < 4.78 is 5.40. The van der Waals surface area contributed by atoms with Crippen LogP contribution in [0.2, 0.25) is 0 Å². The van der Waals surface area contributed by atoms with Gasteiger partial charge in [0.2, 0.25) is 0 Å². The van der Waals surface area contributed by atoms with Crippen LogP contribution in [0, 0.1) is 0 Å². The predicted octanol–water partition coefficient (Wildman–Crippen LogP) is 5.38. The smallest absolute Gasteiger partial charge is 0.119 e. The Morgan fingerprint density at radius 1 is 1.33 bits per heavy atom. The second-order valence-corrected chi connectivity index (χ2v) is 7.39. The summed E-state index contributed by atoms with van der Waals surface area (Å²) in [5.74, 6) is 2.29. The molecule has 0 fully saturated rings. The number of ether oxygens (including phenoxy) is 1. The van der Waals surface area contributed by atoms with E-state index in [9.17, 15) is 0 Å². The molecule has 24 heavy (non-hydrogen) atoms. The van der Waals surface area contributed by atoms with Gasteiger partial charge in [-0.3, -0.25) is 0 Å². The van der Waals surface area contributed by atoms with Crippen LogP contribution in [0.25, 0.3) is 0 Å². The van der Waals surface area contributed by atoms with Gasteiger partial charge in [0.05, 0.1) is 7.11 Å². The zero-order valence-corrected chi connectivity index (χ0v) is 16.2. The Balaban J connectivity index is 0.00000208. The van der Waals surface area contributed by atoms with Crippen LogP contribution in [0.5, 0.6) is 5.75 Å². The average Bonchev–Trinajstić information content (AvgIpc) is 3.12. The zero-order chi connectivity index (χ0) is 16.1. The summed E-state index contributed by atoms with van der Waals surface area (Å²) in [6, 6.07) is 11.1. The SMILES string of the molecule is CCNCC(CC1CCCc2cc(OC)ccc21)c1cccs1.Cl. The van der Waals surface area contributed by atoms with E-state index < -0.39 is 0 Å². The van der Waals surface area contributed by atoms with Crippen molar-refractivity contribution in [2.24, 2.45) is 0 Å². The Morgan fingerprint density at radius 3 is 2.92 bits per heavy atom. The standard InChI is InChI=1S/C20H27NOS.ClH/c1-3-21-14-17(20-8-5-11-23-20)12-15-6-4-7-16-13-18(22-2)9-10-19(15)16;/h5,8-11,13,15,17,21H,3-4,6-7,12,14H2,1-2H3;1H. The lowest BCUT2D eigenvalue weighted by molar-refractivity contribution is 0.411. The van der Waals surface area contributed by atoms with Gasteiger partial charge in [-0.05, 0) is 72.9 Å². The molecule has 4 heteroatoms. The topological polar surface area (TPSA) is 21.3 Å². The first-order chi connectivity index (χ1) is 11.3. The molecule has 0 spiro atoms. The van der Waals surface area contributed by atoms with E-state index in [0.29, 0.717) is 11.8 Å². The number of nitrogens with one attached hydrogen (secondary N) is 1. The molecule has 0 amide bonds. The van der Waals surface area contributed by atoms with Gasteiger partial charge in [0, 0.05) is 17.3 Å². The molecular formula is C20H28ClNOS. The van der Waals surface area contributed by atoms with Crippen LogP contribution >= 0.6 is 23.7 Å². The van der Waals surface area contributed by atoms with E-state index in [2.05, 4.69) is 48.0 Å². The molecule has 132 valence electrons. The van der Waals surface area contributed by atoms with Gasteiger partial charge in [0.25, 0.3) is 0 Å².